The highest BCUT2D eigenvalue weighted by Crippen LogP contribution is 2.38. The molecule has 1 aliphatic rings. The van der Waals surface area contributed by atoms with E-state index in [1.54, 1.807) is 25.2 Å². The summed E-state index contributed by atoms with van der Waals surface area (Å²) in [5.41, 5.74) is 1.48. The van der Waals surface area contributed by atoms with Crippen molar-refractivity contribution in [3.8, 4) is 0 Å². The minimum Gasteiger partial charge on any atom is -0.324 e. The molecule has 2 aromatic carbocycles. The van der Waals surface area contributed by atoms with Crippen molar-refractivity contribution in [1.29, 1.82) is 0 Å². The van der Waals surface area contributed by atoms with Gasteiger partial charge >= 0.3 is 0 Å². The SMILES string of the molecule is CCC1Sc2ccc(S(=O)(=O)N(C)Cc3ccccc3)cc2NC1=O. The average molecular weight is 377 g/mol. The summed E-state index contributed by atoms with van der Waals surface area (Å²) in [5, 5.41) is 2.69. The summed E-state index contributed by atoms with van der Waals surface area (Å²) in [5.74, 6) is -0.0767. The first-order chi connectivity index (χ1) is 11.9. The molecule has 0 aromatic heterocycles. The molecule has 0 saturated heterocycles. The van der Waals surface area contributed by atoms with E-state index in [-0.39, 0.29) is 16.1 Å². The van der Waals surface area contributed by atoms with E-state index in [1.165, 1.54) is 16.1 Å². The van der Waals surface area contributed by atoms with Gasteiger partial charge in [0.05, 0.1) is 15.8 Å². The number of carbonyl (C=O) groups is 1. The molecule has 2 aromatic rings. The van der Waals surface area contributed by atoms with Gasteiger partial charge in [-0.2, -0.15) is 4.31 Å². The molecule has 0 aliphatic carbocycles. The third kappa shape index (κ3) is 3.73. The first kappa shape index (κ1) is 18.0. The monoisotopic (exact) mass is 376 g/mol. The highest BCUT2D eigenvalue weighted by atomic mass is 32.2. The Balaban J connectivity index is 1.86. The van der Waals surface area contributed by atoms with Crippen molar-refractivity contribution in [1.82, 2.24) is 4.31 Å². The molecule has 1 amide bonds. The number of nitrogens with zero attached hydrogens (tertiary/aromatic N) is 1. The Morgan fingerprint density at radius 2 is 1.88 bits per heavy atom. The van der Waals surface area contributed by atoms with Gasteiger partial charge in [0, 0.05) is 18.5 Å². The van der Waals surface area contributed by atoms with Crippen LogP contribution in [0.15, 0.2) is 58.3 Å². The van der Waals surface area contributed by atoms with E-state index in [2.05, 4.69) is 5.32 Å². The summed E-state index contributed by atoms with van der Waals surface area (Å²) in [6, 6.07) is 14.4. The van der Waals surface area contributed by atoms with Gasteiger partial charge in [0.15, 0.2) is 0 Å². The van der Waals surface area contributed by atoms with Gasteiger partial charge in [0.2, 0.25) is 15.9 Å². The second-order valence-electron chi connectivity index (χ2n) is 5.91. The Hall–Kier alpha value is -1.83. The predicted octanol–water partition coefficient (Wildman–Crippen LogP) is 3.33. The van der Waals surface area contributed by atoms with Crippen LogP contribution in [0.4, 0.5) is 5.69 Å². The molecule has 0 bridgehead atoms. The number of hydrogen-bond acceptors (Lipinski definition) is 4. The minimum atomic E-state index is -3.63. The van der Waals surface area contributed by atoms with E-state index in [4.69, 9.17) is 0 Å². The third-order valence-electron chi connectivity index (χ3n) is 4.10. The molecule has 1 atom stereocenters. The van der Waals surface area contributed by atoms with Crippen molar-refractivity contribution >= 4 is 33.4 Å². The summed E-state index contributed by atoms with van der Waals surface area (Å²) in [6.07, 6.45) is 0.732. The lowest BCUT2D eigenvalue weighted by Gasteiger charge is -2.24. The minimum absolute atomic E-state index is 0.0767. The number of nitrogens with one attached hydrogen (secondary N) is 1. The lowest BCUT2D eigenvalue weighted by atomic mass is 10.2. The zero-order chi connectivity index (χ0) is 18.0. The van der Waals surface area contributed by atoms with E-state index in [0.717, 1.165) is 16.9 Å². The van der Waals surface area contributed by atoms with Gasteiger partial charge in [-0.25, -0.2) is 8.42 Å². The molecule has 25 heavy (non-hydrogen) atoms. The van der Waals surface area contributed by atoms with Crippen molar-refractivity contribution in [3.05, 3.63) is 54.1 Å². The molecule has 0 spiro atoms. The van der Waals surface area contributed by atoms with E-state index in [9.17, 15) is 13.2 Å². The number of thioether (sulfide) groups is 1. The van der Waals surface area contributed by atoms with Gasteiger partial charge in [-0.3, -0.25) is 4.79 Å². The number of rotatable bonds is 5. The maximum Gasteiger partial charge on any atom is 0.243 e. The normalized spacial score (nSPS) is 17.2. The van der Waals surface area contributed by atoms with Crippen LogP contribution in [0.25, 0.3) is 0 Å². The van der Waals surface area contributed by atoms with Crippen LogP contribution in [0.5, 0.6) is 0 Å². The number of anilines is 1. The second kappa shape index (κ2) is 7.19. The van der Waals surface area contributed by atoms with Crippen LogP contribution in [0.2, 0.25) is 0 Å². The summed E-state index contributed by atoms with van der Waals surface area (Å²) in [4.78, 5) is 13.1. The topological polar surface area (TPSA) is 66.5 Å². The number of carbonyl (C=O) groups excluding carboxylic acids is 1. The summed E-state index contributed by atoms with van der Waals surface area (Å²) in [7, 11) is -2.08. The maximum absolute atomic E-state index is 12.8. The lowest BCUT2D eigenvalue weighted by molar-refractivity contribution is -0.115. The maximum atomic E-state index is 12.8. The van der Waals surface area contributed by atoms with Crippen molar-refractivity contribution in [3.63, 3.8) is 0 Å². The van der Waals surface area contributed by atoms with Gasteiger partial charge in [-0.15, -0.1) is 11.8 Å². The fraction of sp³-hybridized carbons (Fsp3) is 0.278. The molecule has 5 nitrogen and oxygen atoms in total. The molecule has 132 valence electrons. The van der Waals surface area contributed by atoms with Gasteiger partial charge in [-0.05, 0) is 30.2 Å². The number of hydrogen-bond donors (Lipinski definition) is 1. The highest BCUT2D eigenvalue weighted by molar-refractivity contribution is 8.01. The average Bonchev–Trinajstić information content (AvgIpc) is 2.61. The molecule has 7 heteroatoms. The Bertz CT molecular complexity index is 882. The van der Waals surface area contributed by atoms with Crippen LogP contribution in [-0.2, 0) is 21.4 Å². The number of benzene rings is 2. The third-order valence-corrected chi connectivity index (χ3v) is 7.34. The Kier molecular flexibility index (Phi) is 5.17. The van der Waals surface area contributed by atoms with E-state index in [1.807, 2.05) is 37.3 Å². The second-order valence-corrected chi connectivity index (χ2v) is 9.20. The zero-order valence-corrected chi connectivity index (χ0v) is 15.7. The molecular weight excluding hydrogens is 356 g/mol. The highest BCUT2D eigenvalue weighted by Gasteiger charge is 2.28. The molecule has 0 saturated carbocycles. The molecule has 3 rings (SSSR count). The summed E-state index contributed by atoms with van der Waals surface area (Å²) >= 11 is 1.47. The fourth-order valence-corrected chi connectivity index (χ4v) is 4.87. The first-order valence-electron chi connectivity index (χ1n) is 8.03. The van der Waals surface area contributed by atoms with Gasteiger partial charge in [0.25, 0.3) is 0 Å². The van der Waals surface area contributed by atoms with Crippen LogP contribution in [-0.4, -0.2) is 30.9 Å². The van der Waals surface area contributed by atoms with Gasteiger partial charge < -0.3 is 5.32 Å². The smallest absolute Gasteiger partial charge is 0.243 e. The largest absolute Gasteiger partial charge is 0.324 e. The number of fused-ring (bicyclic) bond motifs is 1. The van der Waals surface area contributed by atoms with E-state index in [0.29, 0.717) is 12.2 Å². The molecule has 1 aliphatic heterocycles. The van der Waals surface area contributed by atoms with Crippen molar-refractivity contribution < 1.29 is 13.2 Å². The predicted molar refractivity (Wildman–Crippen MR) is 100 cm³/mol. The number of sulfonamides is 1. The fourth-order valence-electron chi connectivity index (χ4n) is 2.66. The van der Waals surface area contributed by atoms with Crippen LogP contribution in [0.1, 0.15) is 18.9 Å². The van der Waals surface area contributed by atoms with Crippen LogP contribution >= 0.6 is 11.8 Å². The molecule has 0 radical (unpaired) electrons. The molecular formula is C18H20N2O3S2. The van der Waals surface area contributed by atoms with Crippen LogP contribution in [0.3, 0.4) is 0 Å². The molecule has 1 heterocycles. The zero-order valence-electron chi connectivity index (χ0n) is 14.1. The van der Waals surface area contributed by atoms with Gasteiger partial charge in [0.1, 0.15) is 0 Å². The summed E-state index contributed by atoms with van der Waals surface area (Å²) in [6.45, 7) is 2.25. The summed E-state index contributed by atoms with van der Waals surface area (Å²) < 4.78 is 27.0. The van der Waals surface area contributed by atoms with E-state index >= 15 is 0 Å². The van der Waals surface area contributed by atoms with E-state index < -0.39 is 10.0 Å². The first-order valence-corrected chi connectivity index (χ1v) is 10.4. The number of amides is 1. The van der Waals surface area contributed by atoms with Crippen LogP contribution in [0, 0.1) is 0 Å². The van der Waals surface area contributed by atoms with Crippen LogP contribution < -0.4 is 5.32 Å². The van der Waals surface area contributed by atoms with Crippen molar-refractivity contribution in [2.75, 3.05) is 12.4 Å². The van der Waals surface area contributed by atoms with Gasteiger partial charge in [-0.1, -0.05) is 37.3 Å². The lowest BCUT2D eigenvalue weighted by Crippen LogP contribution is -2.29. The Morgan fingerprint density at radius 1 is 1.16 bits per heavy atom. The van der Waals surface area contributed by atoms with Crippen molar-refractivity contribution in [2.24, 2.45) is 0 Å². The van der Waals surface area contributed by atoms with Crippen molar-refractivity contribution in [2.45, 2.75) is 34.9 Å². The standard InChI is InChI=1S/C18H20N2O3S2/c1-3-16-18(21)19-15-11-14(9-10-17(15)24-16)25(22,23)20(2)12-13-7-5-4-6-8-13/h4-11,16H,3,12H2,1-2H3,(H,19,21). The molecule has 0 fully saturated rings. The Morgan fingerprint density at radius 3 is 2.56 bits per heavy atom. The molecule has 1 N–H and O–H groups in total. The quantitative estimate of drug-likeness (QED) is 0.869. The Labute approximate surface area is 152 Å². The molecule has 1 unspecified atom stereocenters.